The minimum absolute atomic E-state index is 0.0109. The van der Waals surface area contributed by atoms with E-state index in [9.17, 15) is 4.79 Å². The maximum atomic E-state index is 12.7. The summed E-state index contributed by atoms with van der Waals surface area (Å²) in [5.74, 6) is 0.412. The number of amides is 1. The van der Waals surface area contributed by atoms with Crippen LogP contribution < -0.4 is 0 Å². The van der Waals surface area contributed by atoms with Crippen molar-refractivity contribution in [1.82, 2.24) is 14.8 Å². The maximum absolute atomic E-state index is 12.7. The van der Waals surface area contributed by atoms with E-state index in [1.807, 2.05) is 4.90 Å². The molecule has 4 nitrogen and oxygen atoms in total. The Morgan fingerprint density at radius 3 is 2.48 bits per heavy atom. The fraction of sp³-hybridized carbons (Fsp3) is 0.625. The Morgan fingerprint density at radius 1 is 1.29 bits per heavy atom. The number of halogens is 1. The Labute approximate surface area is 133 Å². The molecule has 0 radical (unpaired) electrons. The topological polar surface area (TPSA) is 36.4 Å². The highest BCUT2D eigenvalue weighted by Gasteiger charge is 2.19. The summed E-state index contributed by atoms with van der Waals surface area (Å²) in [4.78, 5) is 20.8. The molecule has 21 heavy (non-hydrogen) atoms. The molecule has 0 aliphatic rings. The molecule has 0 bridgehead atoms. The molecular formula is C16H26ClN3O. The molecule has 0 fully saturated rings. The summed E-state index contributed by atoms with van der Waals surface area (Å²) in [6.45, 7) is 12.8. The van der Waals surface area contributed by atoms with Gasteiger partial charge in [0.05, 0.1) is 10.6 Å². The fourth-order valence-corrected chi connectivity index (χ4v) is 2.44. The van der Waals surface area contributed by atoms with Crippen LogP contribution in [0.2, 0.25) is 5.02 Å². The molecule has 1 rings (SSSR count). The average molecular weight is 312 g/mol. The van der Waals surface area contributed by atoms with Crippen LogP contribution in [-0.2, 0) is 0 Å². The van der Waals surface area contributed by atoms with E-state index in [-0.39, 0.29) is 5.91 Å². The van der Waals surface area contributed by atoms with Gasteiger partial charge >= 0.3 is 0 Å². The Balaban J connectivity index is 2.82. The van der Waals surface area contributed by atoms with Crippen molar-refractivity contribution in [1.29, 1.82) is 0 Å². The summed E-state index contributed by atoms with van der Waals surface area (Å²) < 4.78 is 0. The van der Waals surface area contributed by atoms with E-state index in [2.05, 4.69) is 37.6 Å². The Morgan fingerprint density at radius 2 is 1.95 bits per heavy atom. The van der Waals surface area contributed by atoms with Crippen LogP contribution in [0.5, 0.6) is 0 Å². The molecule has 0 saturated heterocycles. The summed E-state index contributed by atoms with van der Waals surface area (Å²) >= 11 is 6.10. The predicted molar refractivity (Wildman–Crippen MR) is 87.8 cm³/mol. The van der Waals surface area contributed by atoms with Crippen molar-refractivity contribution in [2.45, 2.75) is 27.7 Å². The van der Waals surface area contributed by atoms with Crippen molar-refractivity contribution in [2.75, 3.05) is 32.7 Å². The summed E-state index contributed by atoms with van der Waals surface area (Å²) in [5, 5.41) is 0.416. The number of hydrogen-bond acceptors (Lipinski definition) is 3. The summed E-state index contributed by atoms with van der Waals surface area (Å²) in [5.41, 5.74) is 0.534. The standard InChI is InChI=1S/C16H26ClN3O/c1-5-19(6-2)9-10-20(12-13(3)4)16(21)14-7-8-18-11-15(14)17/h7-8,11,13H,5-6,9-10,12H2,1-4H3. The summed E-state index contributed by atoms with van der Waals surface area (Å²) in [7, 11) is 0. The lowest BCUT2D eigenvalue weighted by atomic mass is 10.1. The third-order valence-electron chi connectivity index (χ3n) is 3.46. The van der Waals surface area contributed by atoms with Crippen LogP contribution in [0.25, 0.3) is 0 Å². The lowest BCUT2D eigenvalue weighted by Gasteiger charge is -2.28. The molecule has 0 spiro atoms. The van der Waals surface area contributed by atoms with E-state index in [1.165, 1.54) is 6.20 Å². The second-order valence-corrected chi connectivity index (χ2v) is 5.93. The average Bonchev–Trinajstić information content (AvgIpc) is 2.46. The zero-order chi connectivity index (χ0) is 15.8. The molecule has 1 heterocycles. The molecule has 0 N–H and O–H groups in total. The van der Waals surface area contributed by atoms with Crippen molar-refractivity contribution in [3.8, 4) is 0 Å². The largest absolute Gasteiger partial charge is 0.337 e. The third-order valence-corrected chi connectivity index (χ3v) is 3.76. The van der Waals surface area contributed by atoms with Crippen LogP contribution in [0.4, 0.5) is 0 Å². The summed E-state index contributed by atoms with van der Waals surface area (Å²) in [6.07, 6.45) is 3.13. The number of carbonyl (C=O) groups is 1. The Kier molecular flexibility index (Phi) is 7.68. The normalized spacial score (nSPS) is 11.2. The highest BCUT2D eigenvalue weighted by molar-refractivity contribution is 6.33. The van der Waals surface area contributed by atoms with Crippen molar-refractivity contribution in [2.24, 2.45) is 5.92 Å². The Hall–Kier alpha value is -1.13. The molecule has 1 amide bonds. The third kappa shape index (κ3) is 5.64. The van der Waals surface area contributed by atoms with Crippen LogP contribution in [0, 0.1) is 5.92 Å². The van der Waals surface area contributed by atoms with Gasteiger partial charge in [-0.1, -0.05) is 39.3 Å². The number of hydrogen-bond donors (Lipinski definition) is 0. The number of nitrogens with zero attached hydrogens (tertiary/aromatic N) is 3. The number of likely N-dealkylation sites (N-methyl/N-ethyl adjacent to an activating group) is 1. The highest BCUT2D eigenvalue weighted by Crippen LogP contribution is 2.16. The van der Waals surface area contributed by atoms with E-state index >= 15 is 0 Å². The van der Waals surface area contributed by atoms with Gasteiger partial charge in [0.2, 0.25) is 0 Å². The van der Waals surface area contributed by atoms with Crippen LogP contribution in [0.1, 0.15) is 38.1 Å². The number of aromatic nitrogens is 1. The fourth-order valence-electron chi connectivity index (χ4n) is 2.24. The van der Waals surface area contributed by atoms with E-state index in [0.717, 1.165) is 32.7 Å². The summed E-state index contributed by atoms with van der Waals surface area (Å²) in [6, 6.07) is 1.69. The van der Waals surface area contributed by atoms with Crippen LogP contribution in [0.15, 0.2) is 18.5 Å². The smallest absolute Gasteiger partial charge is 0.255 e. The van der Waals surface area contributed by atoms with Crippen LogP contribution in [-0.4, -0.2) is 53.4 Å². The molecule has 0 unspecified atom stereocenters. The molecule has 1 aromatic heterocycles. The molecule has 0 aromatic carbocycles. The molecule has 0 aliphatic heterocycles. The minimum atomic E-state index is -0.0109. The molecule has 0 atom stereocenters. The van der Waals surface area contributed by atoms with Crippen molar-refractivity contribution >= 4 is 17.5 Å². The van der Waals surface area contributed by atoms with Gasteiger partial charge in [-0.2, -0.15) is 0 Å². The molecule has 5 heteroatoms. The highest BCUT2D eigenvalue weighted by atomic mass is 35.5. The van der Waals surface area contributed by atoms with E-state index in [1.54, 1.807) is 12.3 Å². The van der Waals surface area contributed by atoms with E-state index in [0.29, 0.717) is 16.5 Å². The first kappa shape index (κ1) is 17.9. The van der Waals surface area contributed by atoms with Crippen molar-refractivity contribution < 1.29 is 4.79 Å². The van der Waals surface area contributed by atoms with E-state index < -0.39 is 0 Å². The number of pyridine rings is 1. The van der Waals surface area contributed by atoms with Gasteiger partial charge < -0.3 is 9.80 Å². The van der Waals surface area contributed by atoms with E-state index in [4.69, 9.17) is 11.6 Å². The zero-order valence-electron chi connectivity index (χ0n) is 13.5. The molecule has 0 aliphatic carbocycles. The van der Waals surface area contributed by atoms with Gasteiger partial charge in [-0.15, -0.1) is 0 Å². The molecule has 0 saturated carbocycles. The van der Waals surface area contributed by atoms with Gasteiger partial charge in [0.25, 0.3) is 5.91 Å². The number of rotatable bonds is 8. The van der Waals surface area contributed by atoms with Gasteiger partial charge in [-0.05, 0) is 25.1 Å². The molecule has 118 valence electrons. The first-order chi connectivity index (χ1) is 9.99. The monoisotopic (exact) mass is 311 g/mol. The van der Waals surface area contributed by atoms with Crippen molar-refractivity contribution in [3.63, 3.8) is 0 Å². The van der Waals surface area contributed by atoms with Gasteiger partial charge in [-0.25, -0.2) is 0 Å². The number of carbonyl (C=O) groups excluding carboxylic acids is 1. The first-order valence-electron chi connectivity index (χ1n) is 7.60. The van der Waals surface area contributed by atoms with Crippen LogP contribution >= 0.6 is 11.6 Å². The van der Waals surface area contributed by atoms with Gasteiger partial charge in [0.1, 0.15) is 0 Å². The zero-order valence-corrected chi connectivity index (χ0v) is 14.2. The van der Waals surface area contributed by atoms with Gasteiger partial charge in [0, 0.05) is 32.0 Å². The maximum Gasteiger partial charge on any atom is 0.255 e. The first-order valence-corrected chi connectivity index (χ1v) is 7.98. The van der Waals surface area contributed by atoms with Crippen LogP contribution in [0.3, 0.4) is 0 Å². The quantitative estimate of drug-likeness (QED) is 0.740. The second kappa shape index (κ2) is 9.00. The lowest BCUT2D eigenvalue weighted by Crippen LogP contribution is -2.40. The predicted octanol–water partition coefficient (Wildman–Crippen LogP) is 3.18. The second-order valence-electron chi connectivity index (χ2n) is 5.53. The Bertz CT molecular complexity index is 447. The lowest BCUT2D eigenvalue weighted by molar-refractivity contribution is 0.0716. The van der Waals surface area contributed by atoms with Crippen molar-refractivity contribution in [3.05, 3.63) is 29.0 Å². The molecular weight excluding hydrogens is 286 g/mol. The van der Waals surface area contributed by atoms with Gasteiger partial charge in [-0.3, -0.25) is 9.78 Å². The minimum Gasteiger partial charge on any atom is -0.337 e. The van der Waals surface area contributed by atoms with Gasteiger partial charge in [0.15, 0.2) is 0 Å². The molecule has 1 aromatic rings. The SMILES string of the molecule is CCN(CC)CCN(CC(C)C)C(=O)c1ccncc1Cl.